The van der Waals surface area contributed by atoms with Crippen LogP contribution in [-0.2, 0) is 30.9 Å². The van der Waals surface area contributed by atoms with Crippen molar-refractivity contribution < 1.29 is 22.7 Å². The number of benzene rings is 1. The van der Waals surface area contributed by atoms with E-state index in [0.717, 1.165) is 5.56 Å². The minimum Gasteiger partial charge on any atom is -0.379 e. The second kappa shape index (κ2) is 9.31. The average molecular weight is 439 g/mol. The number of ether oxygens (including phenoxy) is 1. The van der Waals surface area contributed by atoms with Crippen LogP contribution in [0, 0.1) is 0 Å². The summed E-state index contributed by atoms with van der Waals surface area (Å²) in [5.74, 6) is -1.83. The van der Waals surface area contributed by atoms with Gasteiger partial charge in [-0.15, -0.1) is 0 Å². The van der Waals surface area contributed by atoms with Gasteiger partial charge in [0, 0.05) is 32.0 Å². The molecule has 2 N–H and O–H groups in total. The van der Waals surface area contributed by atoms with E-state index >= 15 is 0 Å². The maximum Gasteiger partial charge on any atom is 0.313 e. The van der Waals surface area contributed by atoms with Crippen LogP contribution in [0.1, 0.15) is 5.56 Å². The fourth-order valence-corrected chi connectivity index (χ4v) is 4.24. The smallest absolute Gasteiger partial charge is 0.313 e. The van der Waals surface area contributed by atoms with E-state index in [1.165, 1.54) is 22.5 Å². The van der Waals surface area contributed by atoms with E-state index in [0.29, 0.717) is 13.2 Å². The third kappa shape index (κ3) is 5.30. The third-order valence-electron chi connectivity index (χ3n) is 4.20. The number of carbonyl (C=O) groups excluding carboxylic acids is 2. The van der Waals surface area contributed by atoms with Gasteiger partial charge in [-0.1, -0.05) is 11.6 Å². The average Bonchev–Trinajstić information content (AvgIpc) is 2.74. The number of hydrogen-bond acceptors (Lipinski definition) is 6. The van der Waals surface area contributed by atoms with Gasteiger partial charge < -0.3 is 15.4 Å². The van der Waals surface area contributed by atoms with Gasteiger partial charge in [0.25, 0.3) is 0 Å². The number of nitrogens with zero attached hydrogens (tertiary/aromatic N) is 2. The Hall–Kier alpha value is -2.53. The second-order valence-corrected chi connectivity index (χ2v) is 8.50. The Bertz CT molecular complexity index is 995. The second-order valence-electron chi connectivity index (χ2n) is 6.15. The first-order valence-corrected chi connectivity index (χ1v) is 10.6. The summed E-state index contributed by atoms with van der Waals surface area (Å²) in [5.41, 5.74) is 0.808. The van der Waals surface area contributed by atoms with E-state index in [9.17, 15) is 18.0 Å². The largest absolute Gasteiger partial charge is 0.379 e. The highest BCUT2D eigenvalue weighted by atomic mass is 35.5. The SMILES string of the molecule is O=C(NCc1ccncc1)C(=O)Nc1cc(S(=O)(=O)N2CCOCC2)ccc1Cl. The van der Waals surface area contributed by atoms with Crippen LogP contribution in [0.25, 0.3) is 0 Å². The zero-order chi connectivity index (χ0) is 20.9. The van der Waals surface area contributed by atoms with E-state index in [-0.39, 0.29) is 35.2 Å². The first-order valence-electron chi connectivity index (χ1n) is 8.73. The summed E-state index contributed by atoms with van der Waals surface area (Å²) in [6.07, 6.45) is 3.14. The molecule has 2 amide bonds. The van der Waals surface area contributed by atoms with Crippen molar-refractivity contribution in [1.29, 1.82) is 0 Å². The lowest BCUT2D eigenvalue weighted by atomic mass is 10.2. The fraction of sp³-hybridized carbons (Fsp3) is 0.278. The molecule has 0 radical (unpaired) electrons. The number of morpholine rings is 1. The fourth-order valence-electron chi connectivity index (χ4n) is 2.64. The molecule has 1 saturated heterocycles. The summed E-state index contributed by atoms with van der Waals surface area (Å²) in [7, 11) is -3.77. The molecule has 3 rings (SSSR count). The summed E-state index contributed by atoms with van der Waals surface area (Å²) in [6.45, 7) is 1.25. The number of sulfonamides is 1. The Morgan fingerprint density at radius 3 is 2.48 bits per heavy atom. The molecule has 1 aliphatic heterocycles. The van der Waals surface area contributed by atoms with Crippen LogP contribution >= 0.6 is 11.6 Å². The number of amides is 2. The molecule has 154 valence electrons. The zero-order valence-corrected chi connectivity index (χ0v) is 16.9. The monoisotopic (exact) mass is 438 g/mol. The summed E-state index contributed by atoms with van der Waals surface area (Å²) in [4.78, 5) is 28.1. The van der Waals surface area contributed by atoms with Crippen LogP contribution in [0.5, 0.6) is 0 Å². The lowest BCUT2D eigenvalue weighted by molar-refractivity contribution is -0.136. The molecule has 0 aliphatic carbocycles. The zero-order valence-electron chi connectivity index (χ0n) is 15.3. The number of halogens is 1. The van der Waals surface area contributed by atoms with Crippen LogP contribution in [0.2, 0.25) is 5.02 Å². The first kappa shape index (κ1) is 21.2. The third-order valence-corrected chi connectivity index (χ3v) is 6.43. The molecule has 0 unspecified atom stereocenters. The van der Waals surface area contributed by atoms with Gasteiger partial charge in [0.15, 0.2) is 0 Å². The Kier molecular flexibility index (Phi) is 6.80. The number of pyridine rings is 1. The molecule has 2 aromatic rings. The van der Waals surface area contributed by atoms with Crippen molar-refractivity contribution >= 4 is 39.1 Å². The van der Waals surface area contributed by atoms with Crippen molar-refractivity contribution in [2.24, 2.45) is 0 Å². The highest BCUT2D eigenvalue weighted by molar-refractivity contribution is 7.89. The maximum atomic E-state index is 12.8. The molecular weight excluding hydrogens is 420 g/mol. The molecule has 0 bridgehead atoms. The quantitative estimate of drug-likeness (QED) is 0.673. The van der Waals surface area contributed by atoms with Gasteiger partial charge >= 0.3 is 11.8 Å². The molecule has 1 aliphatic rings. The number of aromatic nitrogens is 1. The number of nitrogens with one attached hydrogen (secondary N) is 2. The summed E-state index contributed by atoms with van der Waals surface area (Å²) >= 11 is 6.07. The Morgan fingerprint density at radius 2 is 1.79 bits per heavy atom. The molecule has 0 atom stereocenters. The lowest BCUT2D eigenvalue weighted by Crippen LogP contribution is -2.40. The highest BCUT2D eigenvalue weighted by Crippen LogP contribution is 2.27. The van der Waals surface area contributed by atoms with Crippen molar-refractivity contribution in [2.75, 3.05) is 31.6 Å². The number of rotatable bonds is 5. The van der Waals surface area contributed by atoms with Gasteiger partial charge in [0.2, 0.25) is 10.0 Å². The highest BCUT2D eigenvalue weighted by Gasteiger charge is 2.27. The minimum absolute atomic E-state index is 0.0312. The molecule has 11 heteroatoms. The van der Waals surface area contributed by atoms with Gasteiger partial charge in [0.1, 0.15) is 0 Å². The maximum absolute atomic E-state index is 12.8. The Labute approximate surface area is 173 Å². The van der Waals surface area contributed by atoms with Crippen molar-refractivity contribution in [3.8, 4) is 0 Å². The normalized spacial score (nSPS) is 14.9. The van der Waals surface area contributed by atoms with Crippen molar-refractivity contribution in [1.82, 2.24) is 14.6 Å². The van der Waals surface area contributed by atoms with Gasteiger partial charge in [0.05, 0.1) is 28.8 Å². The molecule has 0 spiro atoms. The predicted octanol–water partition coefficient (Wildman–Crippen LogP) is 1.01. The van der Waals surface area contributed by atoms with E-state index in [2.05, 4.69) is 15.6 Å². The standard InChI is InChI=1S/C18H19ClN4O5S/c19-15-2-1-14(29(26,27)23-7-9-28-10-8-23)11-16(15)22-18(25)17(24)21-12-13-3-5-20-6-4-13/h1-6,11H,7-10,12H2,(H,21,24)(H,22,25). The predicted molar refractivity (Wildman–Crippen MR) is 106 cm³/mol. The molecule has 1 aromatic heterocycles. The molecule has 1 aromatic carbocycles. The summed E-state index contributed by atoms with van der Waals surface area (Å²) < 4.78 is 32.0. The van der Waals surface area contributed by atoms with E-state index in [4.69, 9.17) is 16.3 Å². The van der Waals surface area contributed by atoms with Gasteiger partial charge in [-0.05, 0) is 35.9 Å². The van der Waals surface area contributed by atoms with E-state index in [1.54, 1.807) is 24.5 Å². The van der Waals surface area contributed by atoms with Crippen LogP contribution in [-0.4, -0.2) is 55.8 Å². The van der Waals surface area contributed by atoms with Crippen LogP contribution in [0.3, 0.4) is 0 Å². The van der Waals surface area contributed by atoms with Gasteiger partial charge in [-0.2, -0.15) is 4.31 Å². The number of carbonyl (C=O) groups is 2. The van der Waals surface area contributed by atoms with Crippen molar-refractivity contribution in [3.05, 3.63) is 53.3 Å². The summed E-state index contributed by atoms with van der Waals surface area (Å²) in [6, 6.07) is 7.36. The lowest BCUT2D eigenvalue weighted by Gasteiger charge is -2.26. The number of hydrogen-bond donors (Lipinski definition) is 2. The molecule has 0 saturated carbocycles. The van der Waals surface area contributed by atoms with E-state index < -0.39 is 21.8 Å². The van der Waals surface area contributed by atoms with Crippen LogP contribution in [0.4, 0.5) is 5.69 Å². The molecule has 1 fully saturated rings. The molecular formula is C18H19ClN4O5S. The van der Waals surface area contributed by atoms with E-state index in [1.807, 2.05) is 0 Å². The van der Waals surface area contributed by atoms with Crippen LogP contribution in [0.15, 0.2) is 47.6 Å². The van der Waals surface area contributed by atoms with Crippen molar-refractivity contribution in [3.63, 3.8) is 0 Å². The summed E-state index contributed by atoms with van der Waals surface area (Å²) in [5, 5.41) is 4.94. The molecule has 9 nitrogen and oxygen atoms in total. The Morgan fingerprint density at radius 1 is 1.10 bits per heavy atom. The molecule has 29 heavy (non-hydrogen) atoms. The van der Waals surface area contributed by atoms with Gasteiger partial charge in [-0.25, -0.2) is 8.42 Å². The minimum atomic E-state index is -3.77. The first-order chi connectivity index (χ1) is 13.9. The van der Waals surface area contributed by atoms with Crippen molar-refractivity contribution in [2.45, 2.75) is 11.4 Å². The number of anilines is 1. The molecule has 2 heterocycles. The topological polar surface area (TPSA) is 118 Å². The van der Waals surface area contributed by atoms with Gasteiger partial charge in [-0.3, -0.25) is 14.6 Å². The van der Waals surface area contributed by atoms with Crippen LogP contribution < -0.4 is 10.6 Å². The Balaban J connectivity index is 1.69.